The fourth-order valence-electron chi connectivity index (χ4n) is 3.39. The van der Waals surface area contributed by atoms with Gasteiger partial charge in [-0.15, -0.1) is 0 Å². The third kappa shape index (κ3) is 3.52. The van der Waals surface area contributed by atoms with Gasteiger partial charge in [0.1, 0.15) is 7.05 Å². The molecule has 0 spiro atoms. The SMILES string of the molecule is C[n+]1ccc(-c2cc3ccc2CCc2ccc(cc2)CC3)cc1.[Cl-]. The van der Waals surface area contributed by atoms with Crippen molar-refractivity contribution < 1.29 is 17.0 Å². The topological polar surface area (TPSA) is 3.88 Å². The highest BCUT2D eigenvalue weighted by molar-refractivity contribution is 5.67. The van der Waals surface area contributed by atoms with Crippen LogP contribution in [0.4, 0.5) is 0 Å². The predicted octanol–water partition coefficient (Wildman–Crippen LogP) is 1.07. The first-order valence-corrected chi connectivity index (χ1v) is 8.43. The first-order chi connectivity index (χ1) is 11.3. The molecule has 0 unspecified atom stereocenters. The van der Waals surface area contributed by atoms with Crippen LogP contribution in [0.3, 0.4) is 0 Å². The van der Waals surface area contributed by atoms with Crippen molar-refractivity contribution in [2.75, 3.05) is 0 Å². The lowest BCUT2D eigenvalue weighted by molar-refractivity contribution is -0.671. The van der Waals surface area contributed by atoms with E-state index in [-0.39, 0.29) is 12.4 Å². The molecule has 0 atom stereocenters. The van der Waals surface area contributed by atoms with Crippen molar-refractivity contribution in [1.29, 1.82) is 0 Å². The van der Waals surface area contributed by atoms with Crippen LogP contribution in [0, 0.1) is 0 Å². The van der Waals surface area contributed by atoms with E-state index in [4.69, 9.17) is 0 Å². The van der Waals surface area contributed by atoms with Crippen molar-refractivity contribution in [3.05, 3.63) is 89.2 Å². The number of nitrogens with zero attached hydrogens (tertiary/aromatic N) is 1. The Morgan fingerprint density at radius 1 is 0.667 bits per heavy atom. The maximum absolute atomic E-state index is 2.40. The molecule has 0 radical (unpaired) electrons. The summed E-state index contributed by atoms with van der Waals surface area (Å²) in [6.07, 6.45) is 8.68. The van der Waals surface area contributed by atoms with E-state index in [0.29, 0.717) is 0 Å². The Bertz CT molecular complexity index is 820. The monoisotopic (exact) mass is 335 g/mol. The first kappa shape index (κ1) is 16.7. The zero-order valence-electron chi connectivity index (χ0n) is 14.0. The summed E-state index contributed by atoms with van der Waals surface area (Å²) in [5, 5.41) is 0. The first-order valence-electron chi connectivity index (χ1n) is 8.43. The minimum atomic E-state index is 0. The van der Waals surface area contributed by atoms with E-state index in [1.807, 2.05) is 0 Å². The molecule has 0 saturated heterocycles. The second-order valence-corrected chi connectivity index (χ2v) is 6.56. The lowest BCUT2D eigenvalue weighted by atomic mass is 9.91. The van der Waals surface area contributed by atoms with Crippen molar-refractivity contribution in [1.82, 2.24) is 0 Å². The molecule has 122 valence electrons. The van der Waals surface area contributed by atoms with Gasteiger partial charge in [-0.2, -0.15) is 0 Å². The Morgan fingerprint density at radius 2 is 1.21 bits per heavy atom. The number of hydrogen-bond donors (Lipinski definition) is 0. The number of benzene rings is 2. The molecule has 2 aromatic carbocycles. The van der Waals surface area contributed by atoms with Crippen LogP contribution in [-0.4, -0.2) is 0 Å². The molecular weight excluding hydrogens is 314 g/mol. The molecule has 4 aliphatic rings. The average Bonchev–Trinajstić information content (AvgIpc) is 2.58. The summed E-state index contributed by atoms with van der Waals surface area (Å²) in [7, 11) is 2.07. The van der Waals surface area contributed by atoms with Gasteiger partial charge >= 0.3 is 0 Å². The van der Waals surface area contributed by atoms with Crippen molar-refractivity contribution in [2.24, 2.45) is 7.05 Å². The number of halogens is 1. The Labute approximate surface area is 150 Å². The molecule has 0 N–H and O–H groups in total. The van der Waals surface area contributed by atoms with Crippen molar-refractivity contribution >= 4 is 0 Å². The minimum absolute atomic E-state index is 0. The van der Waals surface area contributed by atoms with Crippen LogP contribution < -0.4 is 17.0 Å². The van der Waals surface area contributed by atoms with Gasteiger partial charge in [-0.05, 0) is 59.1 Å². The van der Waals surface area contributed by atoms with Crippen LogP contribution in [0.25, 0.3) is 11.1 Å². The number of aryl methyl sites for hydroxylation is 5. The quantitative estimate of drug-likeness (QED) is 0.586. The average molecular weight is 336 g/mol. The van der Waals surface area contributed by atoms with Crippen LogP contribution in [0.1, 0.15) is 22.3 Å². The van der Waals surface area contributed by atoms with Gasteiger partial charge in [-0.3, -0.25) is 0 Å². The van der Waals surface area contributed by atoms with Crippen LogP contribution in [0.15, 0.2) is 67.0 Å². The molecule has 24 heavy (non-hydrogen) atoms. The Hall–Kier alpha value is -2.12. The van der Waals surface area contributed by atoms with E-state index < -0.39 is 0 Å². The van der Waals surface area contributed by atoms with Gasteiger partial charge < -0.3 is 12.4 Å². The summed E-state index contributed by atoms with van der Waals surface area (Å²) >= 11 is 0. The van der Waals surface area contributed by atoms with Crippen LogP contribution in [-0.2, 0) is 32.7 Å². The molecule has 0 aliphatic heterocycles. The van der Waals surface area contributed by atoms with E-state index in [1.165, 1.54) is 33.4 Å². The highest BCUT2D eigenvalue weighted by Gasteiger charge is 2.10. The fourth-order valence-corrected chi connectivity index (χ4v) is 3.39. The van der Waals surface area contributed by atoms with E-state index in [1.54, 1.807) is 0 Å². The Balaban J connectivity index is 0.00000169. The van der Waals surface area contributed by atoms with Gasteiger partial charge in [0.05, 0.1) is 0 Å². The molecule has 0 amide bonds. The zero-order chi connectivity index (χ0) is 15.6. The molecule has 4 aliphatic carbocycles. The fraction of sp³-hybridized carbons (Fsp3) is 0.227. The van der Waals surface area contributed by atoms with Crippen molar-refractivity contribution in [3.8, 4) is 11.1 Å². The summed E-state index contributed by atoms with van der Waals surface area (Å²) in [5.74, 6) is 0. The highest BCUT2D eigenvalue weighted by Crippen LogP contribution is 2.27. The van der Waals surface area contributed by atoms with E-state index in [2.05, 4.69) is 78.6 Å². The normalized spacial score (nSPS) is 13.0. The van der Waals surface area contributed by atoms with Gasteiger partial charge in [-0.25, -0.2) is 4.57 Å². The third-order valence-corrected chi connectivity index (χ3v) is 4.87. The number of aromatic nitrogens is 1. The second kappa shape index (κ2) is 7.19. The van der Waals surface area contributed by atoms with E-state index >= 15 is 0 Å². The van der Waals surface area contributed by atoms with Crippen LogP contribution in [0.5, 0.6) is 0 Å². The summed E-state index contributed by atoms with van der Waals surface area (Å²) in [6.45, 7) is 0. The largest absolute Gasteiger partial charge is 1.00 e. The van der Waals surface area contributed by atoms with Gasteiger partial charge in [0.2, 0.25) is 0 Å². The summed E-state index contributed by atoms with van der Waals surface area (Å²) in [5.41, 5.74) is 8.48. The van der Waals surface area contributed by atoms with Gasteiger partial charge in [0.15, 0.2) is 12.4 Å². The number of rotatable bonds is 1. The lowest BCUT2D eigenvalue weighted by Gasteiger charge is -2.14. The van der Waals surface area contributed by atoms with Crippen molar-refractivity contribution in [2.45, 2.75) is 25.7 Å². The molecule has 1 heterocycles. The van der Waals surface area contributed by atoms with Gasteiger partial charge in [-0.1, -0.05) is 42.5 Å². The molecule has 2 heteroatoms. The van der Waals surface area contributed by atoms with Crippen LogP contribution >= 0.6 is 0 Å². The molecule has 1 nitrogen and oxygen atoms in total. The molecular formula is C22H22ClN. The van der Waals surface area contributed by atoms with E-state index in [0.717, 1.165) is 25.7 Å². The van der Waals surface area contributed by atoms with Gasteiger partial charge in [0.25, 0.3) is 0 Å². The summed E-state index contributed by atoms with van der Waals surface area (Å²) in [6, 6.07) is 20.7. The van der Waals surface area contributed by atoms with Crippen LogP contribution in [0.2, 0.25) is 0 Å². The Kier molecular flexibility index (Phi) is 5.01. The zero-order valence-corrected chi connectivity index (χ0v) is 14.8. The number of pyridine rings is 1. The molecule has 0 fully saturated rings. The third-order valence-electron chi connectivity index (χ3n) is 4.87. The Morgan fingerprint density at radius 3 is 1.88 bits per heavy atom. The second-order valence-electron chi connectivity index (χ2n) is 6.56. The highest BCUT2D eigenvalue weighted by atomic mass is 35.5. The van der Waals surface area contributed by atoms with Crippen molar-refractivity contribution in [3.63, 3.8) is 0 Å². The smallest absolute Gasteiger partial charge is 0.169 e. The summed E-state index contributed by atoms with van der Waals surface area (Å²) in [4.78, 5) is 0. The molecule has 0 saturated carbocycles. The minimum Gasteiger partial charge on any atom is -1.00 e. The standard InChI is InChI=1S/C22H22N.ClH/c1-23-14-12-21(13-15-23)22-16-19-7-6-17-2-4-18(5-3-17)8-10-20(22)11-9-19;/h2-5,9,11-16H,6-8,10H2,1H3;1H/q+1;/p-1. The lowest BCUT2D eigenvalue weighted by Crippen LogP contribution is -3.00. The molecule has 3 aromatic rings. The van der Waals surface area contributed by atoms with E-state index in [9.17, 15) is 0 Å². The molecule has 1 aromatic heterocycles. The molecule has 7 rings (SSSR count). The maximum Gasteiger partial charge on any atom is 0.169 e. The van der Waals surface area contributed by atoms with Gasteiger partial charge in [0, 0.05) is 12.1 Å². The predicted molar refractivity (Wildman–Crippen MR) is 94.3 cm³/mol. The number of hydrogen-bond acceptors (Lipinski definition) is 0. The molecule has 4 bridgehead atoms. The summed E-state index contributed by atoms with van der Waals surface area (Å²) < 4.78 is 2.09. The maximum atomic E-state index is 2.40.